The summed E-state index contributed by atoms with van der Waals surface area (Å²) >= 11 is 0. The topological polar surface area (TPSA) is 52.6 Å². The van der Waals surface area contributed by atoms with Crippen LogP contribution in [0.1, 0.15) is 105 Å². The van der Waals surface area contributed by atoms with Gasteiger partial charge in [-0.15, -0.1) is 0 Å². The number of unbranched alkanes of at least 4 members (excludes halogenated alkanes) is 2. The molecule has 0 N–H and O–H groups in total. The van der Waals surface area contributed by atoms with Crippen molar-refractivity contribution in [2.24, 2.45) is 29.1 Å². The van der Waals surface area contributed by atoms with Crippen LogP contribution in [0.15, 0.2) is 0 Å². The number of rotatable bonds is 14. The second-order valence-electron chi connectivity index (χ2n) is 9.80. The maximum absolute atomic E-state index is 12.3. The van der Waals surface area contributed by atoms with Gasteiger partial charge in [-0.3, -0.25) is 9.59 Å². The molecular formula is C25H44O4. The smallest absolute Gasteiger partial charge is 0.308 e. The van der Waals surface area contributed by atoms with Crippen molar-refractivity contribution in [1.82, 2.24) is 0 Å². The van der Waals surface area contributed by atoms with Crippen LogP contribution in [0, 0.1) is 29.1 Å². The third-order valence-corrected chi connectivity index (χ3v) is 7.39. The molecule has 168 valence electrons. The summed E-state index contributed by atoms with van der Waals surface area (Å²) in [6.07, 6.45) is 12.8. The number of ether oxygens (including phenoxy) is 2. The lowest BCUT2D eigenvalue weighted by atomic mass is 9.48. The molecule has 2 rings (SSSR count). The molecule has 0 saturated heterocycles. The highest BCUT2D eigenvalue weighted by Gasteiger charge is 2.57. The van der Waals surface area contributed by atoms with Gasteiger partial charge in [0.15, 0.2) is 0 Å². The Labute approximate surface area is 178 Å². The van der Waals surface area contributed by atoms with Crippen molar-refractivity contribution in [1.29, 1.82) is 0 Å². The Hall–Kier alpha value is -1.06. The quantitative estimate of drug-likeness (QED) is 0.316. The standard InChI is InChI=1S/C25H44O4/c1-5-9-11-19(7-3)17-28-23(26)21-13-25(14-21)15-22(16-25)24(27)29-18-20(8-4)12-10-6-2/h19-22H,5-18H2,1-4H3. The van der Waals surface area contributed by atoms with E-state index in [1.165, 1.54) is 25.7 Å². The van der Waals surface area contributed by atoms with Crippen molar-refractivity contribution in [3.05, 3.63) is 0 Å². The zero-order chi connectivity index (χ0) is 21.3. The summed E-state index contributed by atoms with van der Waals surface area (Å²) < 4.78 is 11.2. The first-order valence-corrected chi connectivity index (χ1v) is 12.3. The Morgan fingerprint density at radius 3 is 1.45 bits per heavy atom. The van der Waals surface area contributed by atoms with Gasteiger partial charge in [0.2, 0.25) is 0 Å². The maximum Gasteiger partial charge on any atom is 0.308 e. The molecule has 4 heteroatoms. The third-order valence-electron chi connectivity index (χ3n) is 7.39. The molecule has 0 aromatic rings. The molecule has 2 atom stereocenters. The normalized spacial score (nSPS) is 27.6. The molecule has 0 bridgehead atoms. The highest BCUT2D eigenvalue weighted by Crippen LogP contribution is 2.61. The van der Waals surface area contributed by atoms with E-state index in [9.17, 15) is 9.59 Å². The number of carbonyl (C=O) groups excluding carboxylic acids is 2. The zero-order valence-electron chi connectivity index (χ0n) is 19.3. The second-order valence-corrected chi connectivity index (χ2v) is 9.80. The van der Waals surface area contributed by atoms with Crippen LogP contribution in [0.2, 0.25) is 0 Å². The Morgan fingerprint density at radius 2 is 1.14 bits per heavy atom. The van der Waals surface area contributed by atoms with Gasteiger partial charge in [-0.25, -0.2) is 0 Å². The number of hydrogen-bond acceptors (Lipinski definition) is 4. The molecule has 0 amide bonds. The highest BCUT2D eigenvalue weighted by molar-refractivity contribution is 5.76. The fourth-order valence-electron chi connectivity index (χ4n) is 5.07. The van der Waals surface area contributed by atoms with E-state index in [2.05, 4.69) is 27.7 Å². The third kappa shape index (κ3) is 7.00. The fraction of sp³-hybridized carbons (Fsp3) is 0.920. The number of esters is 2. The Morgan fingerprint density at radius 1 is 0.759 bits per heavy atom. The number of carbonyl (C=O) groups is 2. The van der Waals surface area contributed by atoms with E-state index in [0.717, 1.165) is 51.4 Å². The van der Waals surface area contributed by atoms with E-state index in [1.807, 2.05) is 0 Å². The van der Waals surface area contributed by atoms with Crippen molar-refractivity contribution in [3.8, 4) is 0 Å². The summed E-state index contributed by atoms with van der Waals surface area (Å²) in [7, 11) is 0. The summed E-state index contributed by atoms with van der Waals surface area (Å²) in [6.45, 7) is 9.89. The fourth-order valence-corrected chi connectivity index (χ4v) is 5.07. The lowest BCUT2D eigenvalue weighted by molar-refractivity contribution is -0.175. The number of hydrogen-bond donors (Lipinski definition) is 0. The van der Waals surface area contributed by atoms with Gasteiger partial charge in [-0.2, -0.15) is 0 Å². The first-order chi connectivity index (χ1) is 14.0. The Kier molecular flexibility index (Phi) is 9.98. The summed E-state index contributed by atoms with van der Waals surface area (Å²) in [5.74, 6) is 1.07. The van der Waals surface area contributed by atoms with Crippen LogP contribution in [-0.4, -0.2) is 25.2 Å². The molecular weight excluding hydrogens is 364 g/mol. The molecule has 2 unspecified atom stereocenters. The minimum atomic E-state index is -0.0155. The zero-order valence-corrected chi connectivity index (χ0v) is 19.3. The molecule has 2 saturated carbocycles. The van der Waals surface area contributed by atoms with Crippen LogP contribution in [0.25, 0.3) is 0 Å². The Balaban J connectivity index is 1.61. The van der Waals surface area contributed by atoms with E-state index < -0.39 is 0 Å². The van der Waals surface area contributed by atoms with Crippen LogP contribution >= 0.6 is 0 Å². The van der Waals surface area contributed by atoms with Crippen molar-refractivity contribution in [3.63, 3.8) is 0 Å². The first kappa shape index (κ1) is 24.2. The molecule has 0 heterocycles. The van der Waals surface area contributed by atoms with Gasteiger partial charge < -0.3 is 9.47 Å². The van der Waals surface area contributed by atoms with E-state index in [-0.39, 0.29) is 29.2 Å². The lowest BCUT2D eigenvalue weighted by Crippen LogP contribution is -2.52. The van der Waals surface area contributed by atoms with E-state index >= 15 is 0 Å². The van der Waals surface area contributed by atoms with Crippen molar-refractivity contribution < 1.29 is 19.1 Å². The van der Waals surface area contributed by atoms with Crippen LogP contribution in [-0.2, 0) is 19.1 Å². The highest BCUT2D eigenvalue weighted by atomic mass is 16.5. The van der Waals surface area contributed by atoms with Gasteiger partial charge in [0, 0.05) is 0 Å². The minimum absolute atomic E-state index is 0.0155. The van der Waals surface area contributed by atoms with Crippen LogP contribution in [0.5, 0.6) is 0 Å². The van der Waals surface area contributed by atoms with Gasteiger partial charge >= 0.3 is 11.9 Å². The van der Waals surface area contributed by atoms with Gasteiger partial charge in [-0.1, -0.05) is 66.2 Å². The van der Waals surface area contributed by atoms with Gasteiger partial charge in [0.1, 0.15) is 0 Å². The molecule has 2 aliphatic carbocycles. The van der Waals surface area contributed by atoms with Crippen LogP contribution < -0.4 is 0 Å². The first-order valence-electron chi connectivity index (χ1n) is 12.3. The van der Waals surface area contributed by atoms with E-state index in [4.69, 9.17) is 9.47 Å². The second kappa shape index (κ2) is 12.0. The monoisotopic (exact) mass is 408 g/mol. The van der Waals surface area contributed by atoms with Gasteiger partial charge in [0.05, 0.1) is 25.0 Å². The molecule has 2 aliphatic rings. The lowest BCUT2D eigenvalue weighted by Gasteiger charge is -2.56. The predicted octanol–water partition coefficient (Wildman–Crippen LogP) is 6.31. The summed E-state index contributed by atoms with van der Waals surface area (Å²) in [6, 6.07) is 0. The Bertz CT molecular complexity index is 453. The predicted molar refractivity (Wildman–Crippen MR) is 116 cm³/mol. The maximum atomic E-state index is 12.3. The molecule has 0 aliphatic heterocycles. The van der Waals surface area contributed by atoms with Crippen molar-refractivity contribution >= 4 is 11.9 Å². The average Bonchev–Trinajstić information content (AvgIpc) is 2.66. The summed E-state index contributed by atoms with van der Waals surface area (Å²) in [4.78, 5) is 24.7. The molecule has 29 heavy (non-hydrogen) atoms. The van der Waals surface area contributed by atoms with Crippen LogP contribution in [0.4, 0.5) is 0 Å². The van der Waals surface area contributed by atoms with Crippen molar-refractivity contribution in [2.75, 3.05) is 13.2 Å². The minimum Gasteiger partial charge on any atom is -0.465 e. The average molecular weight is 409 g/mol. The van der Waals surface area contributed by atoms with Crippen LogP contribution in [0.3, 0.4) is 0 Å². The molecule has 0 aromatic carbocycles. The summed E-state index contributed by atoms with van der Waals surface area (Å²) in [5.41, 5.74) is 0.214. The molecule has 1 spiro atoms. The van der Waals surface area contributed by atoms with Gasteiger partial charge in [-0.05, 0) is 55.8 Å². The summed E-state index contributed by atoms with van der Waals surface area (Å²) in [5, 5.41) is 0. The van der Waals surface area contributed by atoms with E-state index in [0.29, 0.717) is 25.0 Å². The van der Waals surface area contributed by atoms with Gasteiger partial charge in [0.25, 0.3) is 0 Å². The largest absolute Gasteiger partial charge is 0.465 e. The van der Waals surface area contributed by atoms with E-state index in [1.54, 1.807) is 0 Å². The van der Waals surface area contributed by atoms with Crippen molar-refractivity contribution in [2.45, 2.75) is 105 Å². The molecule has 2 fully saturated rings. The SMILES string of the molecule is CCCCC(CC)COC(=O)C1CC2(C1)CC(C(=O)OCC(CC)CCCC)C2. The molecule has 0 aromatic heterocycles. The molecule has 0 radical (unpaired) electrons. The molecule has 4 nitrogen and oxygen atoms in total.